The van der Waals surface area contributed by atoms with Gasteiger partial charge in [-0.3, -0.25) is 5.32 Å². The molecular weight excluding hydrogens is 242 g/mol. The van der Waals surface area contributed by atoms with E-state index in [1.807, 2.05) is 45.9 Å². The summed E-state index contributed by atoms with van der Waals surface area (Å²) in [5, 5.41) is 11.6. The normalized spacial score (nSPS) is 11.2. The van der Waals surface area contributed by atoms with Crippen LogP contribution in [0.15, 0.2) is 18.2 Å². The van der Waals surface area contributed by atoms with Crippen LogP contribution in [0.25, 0.3) is 0 Å². The molecule has 106 valence electrons. The van der Waals surface area contributed by atoms with Crippen molar-refractivity contribution in [2.24, 2.45) is 0 Å². The summed E-state index contributed by atoms with van der Waals surface area (Å²) in [6, 6.07) is 5.73. The molecule has 0 atom stereocenters. The number of aliphatic hydroxyl groups is 1. The molecule has 0 saturated heterocycles. The fraction of sp³-hybridized carbons (Fsp3) is 0.533. The Labute approximate surface area is 114 Å². The van der Waals surface area contributed by atoms with E-state index < -0.39 is 11.7 Å². The Morgan fingerprint density at radius 3 is 2.63 bits per heavy atom. The zero-order valence-corrected chi connectivity index (χ0v) is 12.1. The SMILES string of the molecule is Cc1ccc(NC(=O)OC(C)(C)C)cc1CCCO. The molecule has 1 rings (SSSR count). The number of ether oxygens (including phenoxy) is 1. The summed E-state index contributed by atoms with van der Waals surface area (Å²) in [5.41, 5.74) is 2.49. The number of aliphatic hydroxyl groups excluding tert-OH is 1. The van der Waals surface area contributed by atoms with Crippen molar-refractivity contribution in [3.05, 3.63) is 29.3 Å². The second-order valence-corrected chi connectivity index (χ2v) is 5.60. The fourth-order valence-corrected chi connectivity index (χ4v) is 1.71. The highest BCUT2D eigenvalue weighted by Gasteiger charge is 2.16. The maximum atomic E-state index is 11.7. The summed E-state index contributed by atoms with van der Waals surface area (Å²) < 4.78 is 5.20. The van der Waals surface area contributed by atoms with Crippen molar-refractivity contribution in [1.82, 2.24) is 0 Å². The minimum absolute atomic E-state index is 0.170. The third kappa shape index (κ3) is 5.75. The van der Waals surface area contributed by atoms with Gasteiger partial charge >= 0.3 is 6.09 Å². The summed E-state index contributed by atoms with van der Waals surface area (Å²) in [7, 11) is 0. The topological polar surface area (TPSA) is 58.6 Å². The van der Waals surface area contributed by atoms with Gasteiger partial charge in [0.15, 0.2) is 0 Å². The lowest BCUT2D eigenvalue weighted by Gasteiger charge is -2.20. The van der Waals surface area contributed by atoms with Gasteiger partial charge in [0.05, 0.1) is 0 Å². The molecule has 0 radical (unpaired) electrons. The van der Waals surface area contributed by atoms with Crippen LogP contribution in [-0.4, -0.2) is 23.4 Å². The Morgan fingerprint density at radius 1 is 1.37 bits per heavy atom. The zero-order valence-electron chi connectivity index (χ0n) is 12.1. The molecule has 0 aromatic heterocycles. The van der Waals surface area contributed by atoms with E-state index in [-0.39, 0.29) is 6.61 Å². The lowest BCUT2D eigenvalue weighted by atomic mass is 10.0. The van der Waals surface area contributed by atoms with E-state index in [9.17, 15) is 4.79 Å². The molecule has 0 bridgehead atoms. The molecule has 4 nitrogen and oxygen atoms in total. The van der Waals surface area contributed by atoms with Crippen LogP contribution >= 0.6 is 0 Å². The third-order valence-corrected chi connectivity index (χ3v) is 2.60. The van der Waals surface area contributed by atoms with Gasteiger partial charge in [0.1, 0.15) is 5.60 Å². The molecule has 0 aliphatic rings. The van der Waals surface area contributed by atoms with Crippen molar-refractivity contribution < 1.29 is 14.6 Å². The number of amides is 1. The van der Waals surface area contributed by atoms with Crippen molar-refractivity contribution in [2.45, 2.75) is 46.1 Å². The highest BCUT2D eigenvalue weighted by molar-refractivity contribution is 5.85. The number of carbonyl (C=O) groups is 1. The number of hydrogen-bond acceptors (Lipinski definition) is 3. The standard InChI is InChI=1S/C15H23NO3/c1-11-7-8-13(10-12(11)6-5-9-17)16-14(18)19-15(2,3)4/h7-8,10,17H,5-6,9H2,1-4H3,(H,16,18). The van der Waals surface area contributed by atoms with Gasteiger partial charge in [-0.1, -0.05) is 6.07 Å². The van der Waals surface area contributed by atoms with Crippen molar-refractivity contribution >= 4 is 11.8 Å². The van der Waals surface area contributed by atoms with Gasteiger partial charge in [0.25, 0.3) is 0 Å². The monoisotopic (exact) mass is 265 g/mol. The van der Waals surface area contributed by atoms with Crippen LogP contribution in [-0.2, 0) is 11.2 Å². The summed E-state index contributed by atoms with van der Waals surface area (Å²) in [4.78, 5) is 11.7. The first-order valence-electron chi connectivity index (χ1n) is 6.52. The minimum atomic E-state index is -0.505. The number of rotatable bonds is 4. The van der Waals surface area contributed by atoms with E-state index in [1.54, 1.807) is 0 Å². The molecule has 0 spiro atoms. The van der Waals surface area contributed by atoms with Crippen LogP contribution in [0.3, 0.4) is 0 Å². The quantitative estimate of drug-likeness (QED) is 0.878. The van der Waals surface area contributed by atoms with Crippen LogP contribution in [0.5, 0.6) is 0 Å². The van der Waals surface area contributed by atoms with Crippen LogP contribution in [0.4, 0.5) is 10.5 Å². The molecule has 1 amide bonds. The molecule has 0 aliphatic heterocycles. The number of anilines is 1. The van der Waals surface area contributed by atoms with E-state index in [0.717, 1.165) is 24.0 Å². The van der Waals surface area contributed by atoms with Gasteiger partial charge < -0.3 is 9.84 Å². The number of aryl methyl sites for hydroxylation is 2. The van der Waals surface area contributed by atoms with Gasteiger partial charge in [0, 0.05) is 12.3 Å². The lowest BCUT2D eigenvalue weighted by molar-refractivity contribution is 0.0636. The average molecular weight is 265 g/mol. The molecule has 2 N–H and O–H groups in total. The molecule has 0 aliphatic carbocycles. The van der Waals surface area contributed by atoms with E-state index in [2.05, 4.69) is 5.32 Å². The molecular formula is C15H23NO3. The predicted molar refractivity (Wildman–Crippen MR) is 76.4 cm³/mol. The first-order valence-corrected chi connectivity index (χ1v) is 6.52. The Bertz CT molecular complexity index is 436. The Hall–Kier alpha value is -1.55. The molecule has 0 fully saturated rings. The second-order valence-electron chi connectivity index (χ2n) is 5.60. The zero-order chi connectivity index (χ0) is 14.5. The van der Waals surface area contributed by atoms with E-state index in [0.29, 0.717) is 5.69 Å². The number of carbonyl (C=O) groups excluding carboxylic acids is 1. The first-order chi connectivity index (χ1) is 8.81. The lowest BCUT2D eigenvalue weighted by Crippen LogP contribution is -2.27. The molecule has 0 saturated carbocycles. The summed E-state index contributed by atoms with van der Waals surface area (Å²) in [6.45, 7) is 7.67. The maximum Gasteiger partial charge on any atom is 0.412 e. The van der Waals surface area contributed by atoms with Crippen LogP contribution in [0.2, 0.25) is 0 Å². The van der Waals surface area contributed by atoms with Gasteiger partial charge in [0.2, 0.25) is 0 Å². The number of benzene rings is 1. The largest absolute Gasteiger partial charge is 0.444 e. The van der Waals surface area contributed by atoms with Gasteiger partial charge in [-0.2, -0.15) is 0 Å². The van der Waals surface area contributed by atoms with E-state index in [4.69, 9.17) is 9.84 Å². The van der Waals surface area contributed by atoms with Crippen LogP contribution in [0, 0.1) is 6.92 Å². The van der Waals surface area contributed by atoms with Crippen LogP contribution < -0.4 is 5.32 Å². The molecule has 19 heavy (non-hydrogen) atoms. The van der Waals surface area contributed by atoms with Crippen molar-refractivity contribution in [3.63, 3.8) is 0 Å². The van der Waals surface area contributed by atoms with Crippen LogP contribution in [0.1, 0.15) is 38.3 Å². The van der Waals surface area contributed by atoms with Gasteiger partial charge in [-0.05, 0) is 63.8 Å². The summed E-state index contributed by atoms with van der Waals surface area (Å²) in [6.07, 6.45) is 1.06. The highest BCUT2D eigenvalue weighted by atomic mass is 16.6. The van der Waals surface area contributed by atoms with E-state index in [1.165, 1.54) is 0 Å². The first kappa shape index (κ1) is 15.5. The molecule has 0 unspecified atom stereocenters. The van der Waals surface area contributed by atoms with Gasteiger partial charge in [-0.15, -0.1) is 0 Å². The maximum absolute atomic E-state index is 11.7. The van der Waals surface area contributed by atoms with Crippen molar-refractivity contribution in [2.75, 3.05) is 11.9 Å². The van der Waals surface area contributed by atoms with E-state index >= 15 is 0 Å². The average Bonchev–Trinajstić information content (AvgIpc) is 2.27. The Balaban J connectivity index is 2.71. The minimum Gasteiger partial charge on any atom is -0.444 e. The van der Waals surface area contributed by atoms with Crippen molar-refractivity contribution in [1.29, 1.82) is 0 Å². The smallest absolute Gasteiger partial charge is 0.412 e. The van der Waals surface area contributed by atoms with Crippen molar-refractivity contribution in [3.8, 4) is 0 Å². The highest BCUT2D eigenvalue weighted by Crippen LogP contribution is 2.18. The number of nitrogens with one attached hydrogen (secondary N) is 1. The summed E-state index contributed by atoms with van der Waals surface area (Å²) >= 11 is 0. The third-order valence-electron chi connectivity index (χ3n) is 2.60. The number of hydrogen-bond donors (Lipinski definition) is 2. The Morgan fingerprint density at radius 2 is 2.05 bits per heavy atom. The molecule has 1 aromatic carbocycles. The summed E-state index contributed by atoms with van der Waals surface area (Å²) in [5.74, 6) is 0. The predicted octanol–water partition coefficient (Wildman–Crippen LogP) is 3.27. The molecule has 0 heterocycles. The molecule has 4 heteroatoms. The van der Waals surface area contributed by atoms with Gasteiger partial charge in [-0.25, -0.2) is 4.79 Å². The second kappa shape index (κ2) is 6.57. The Kier molecular flexibility index (Phi) is 5.36. The fourth-order valence-electron chi connectivity index (χ4n) is 1.71. The molecule has 1 aromatic rings.